The zero-order chi connectivity index (χ0) is 15.1. The van der Waals surface area contributed by atoms with Crippen LogP contribution in [0.2, 0.25) is 0 Å². The molecule has 1 aromatic carbocycles. The Balaban J connectivity index is 2.05. The Hall–Kier alpha value is -1.06. The van der Waals surface area contributed by atoms with Crippen LogP contribution in [0.3, 0.4) is 0 Å². The summed E-state index contributed by atoms with van der Waals surface area (Å²) >= 11 is 0. The third-order valence-corrected chi connectivity index (χ3v) is 4.63. The molecule has 3 heteroatoms. The maximum Gasteiger partial charge on any atom is 0.118 e. The summed E-state index contributed by atoms with van der Waals surface area (Å²) in [6.45, 7) is 7.71. The molecule has 1 aromatic rings. The fourth-order valence-electron chi connectivity index (χ4n) is 3.41. The van der Waals surface area contributed by atoms with Gasteiger partial charge in [0.1, 0.15) is 5.75 Å². The molecule has 0 radical (unpaired) electrons. The van der Waals surface area contributed by atoms with E-state index < -0.39 is 0 Å². The lowest BCUT2D eigenvalue weighted by atomic mass is 10.0. The van der Waals surface area contributed by atoms with Gasteiger partial charge in [0.15, 0.2) is 0 Å². The average Bonchev–Trinajstić information content (AvgIpc) is 3.06. The van der Waals surface area contributed by atoms with Gasteiger partial charge in [0, 0.05) is 18.6 Å². The molecule has 0 saturated heterocycles. The molecule has 0 heterocycles. The highest BCUT2D eigenvalue weighted by Crippen LogP contribution is 2.26. The normalized spacial score (nSPS) is 17.3. The number of nitrogens with zero attached hydrogens (tertiary/aromatic N) is 1. The topological polar surface area (TPSA) is 24.5 Å². The van der Waals surface area contributed by atoms with Gasteiger partial charge in [-0.3, -0.25) is 4.90 Å². The molecule has 0 bridgehead atoms. The Morgan fingerprint density at radius 1 is 1.19 bits per heavy atom. The molecule has 0 spiro atoms. The summed E-state index contributed by atoms with van der Waals surface area (Å²) in [6, 6.07) is 9.69. The fourth-order valence-corrected chi connectivity index (χ4v) is 3.41. The largest absolute Gasteiger partial charge is 0.497 e. The monoisotopic (exact) mass is 290 g/mol. The van der Waals surface area contributed by atoms with Crippen LogP contribution in [0.5, 0.6) is 5.75 Å². The van der Waals surface area contributed by atoms with Gasteiger partial charge in [0.2, 0.25) is 0 Å². The summed E-state index contributed by atoms with van der Waals surface area (Å²) in [5, 5.41) is 3.64. The zero-order valence-electron chi connectivity index (χ0n) is 13.8. The fraction of sp³-hybridized carbons (Fsp3) is 0.667. The summed E-state index contributed by atoms with van der Waals surface area (Å²) in [7, 11) is 1.72. The van der Waals surface area contributed by atoms with Crippen LogP contribution in [-0.4, -0.2) is 37.7 Å². The van der Waals surface area contributed by atoms with Gasteiger partial charge in [-0.2, -0.15) is 0 Å². The number of likely N-dealkylation sites (N-methyl/N-ethyl adjacent to an activating group) is 2. The molecule has 1 unspecified atom stereocenters. The molecule has 1 aliphatic carbocycles. The van der Waals surface area contributed by atoms with E-state index in [4.69, 9.17) is 4.74 Å². The quantitative estimate of drug-likeness (QED) is 0.791. The third-order valence-electron chi connectivity index (χ3n) is 4.63. The maximum atomic E-state index is 5.26. The predicted octanol–water partition coefficient (Wildman–Crippen LogP) is 3.61. The molecular formula is C18H30N2O. The first-order chi connectivity index (χ1) is 10.3. The summed E-state index contributed by atoms with van der Waals surface area (Å²) < 4.78 is 5.26. The van der Waals surface area contributed by atoms with Crippen molar-refractivity contribution in [3.05, 3.63) is 29.8 Å². The SMILES string of the molecule is CCNC(CN(CC)C1CCCC1)c1ccc(OC)cc1. The lowest BCUT2D eigenvalue weighted by Crippen LogP contribution is -2.40. The Kier molecular flexibility index (Phi) is 6.52. The standard InChI is InChI=1S/C18H30N2O/c1-4-19-18(15-10-12-17(21-3)13-11-15)14-20(5-2)16-8-6-7-9-16/h10-13,16,18-19H,4-9,14H2,1-3H3. The van der Waals surface area contributed by atoms with Crippen molar-refractivity contribution in [3.63, 3.8) is 0 Å². The lowest BCUT2D eigenvalue weighted by Gasteiger charge is -2.32. The van der Waals surface area contributed by atoms with Crippen molar-refractivity contribution >= 4 is 0 Å². The van der Waals surface area contributed by atoms with Gasteiger partial charge >= 0.3 is 0 Å². The average molecular weight is 290 g/mol. The summed E-state index contributed by atoms with van der Waals surface area (Å²) in [6.07, 6.45) is 5.54. The third kappa shape index (κ3) is 4.45. The van der Waals surface area contributed by atoms with Crippen LogP contribution in [-0.2, 0) is 0 Å². The first-order valence-corrected chi connectivity index (χ1v) is 8.39. The molecule has 1 saturated carbocycles. The molecule has 1 N–H and O–H groups in total. The van der Waals surface area contributed by atoms with E-state index >= 15 is 0 Å². The van der Waals surface area contributed by atoms with E-state index in [1.807, 2.05) is 0 Å². The van der Waals surface area contributed by atoms with E-state index in [-0.39, 0.29) is 0 Å². The first kappa shape index (κ1) is 16.3. The van der Waals surface area contributed by atoms with Crippen LogP contribution in [0.1, 0.15) is 51.1 Å². The Morgan fingerprint density at radius 3 is 2.38 bits per heavy atom. The van der Waals surface area contributed by atoms with Crippen LogP contribution >= 0.6 is 0 Å². The van der Waals surface area contributed by atoms with Crippen molar-refractivity contribution < 1.29 is 4.74 Å². The minimum Gasteiger partial charge on any atom is -0.497 e. The number of rotatable bonds is 8. The predicted molar refractivity (Wildman–Crippen MR) is 88.9 cm³/mol. The molecule has 3 nitrogen and oxygen atoms in total. The second kappa shape index (κ2) is 8.40. The number of hydrogen-bond donors (Lipinski definition) is 1. The van der Waals surface area contributed by atoms with E-state index in [2.05, 4.69) is 48.3 Å². The molecule has 0 amide bonds. The van der Waals surface area contributed by atoms with Gasteiger partial charge in [-0.15, -0.1) is 0 Å². The van der Waals surface area contributed by atoms with Crippen molar-refractivity contribution in [1.29, 1.82) is 0 Å². The van der Waals surface area contributed by atoms with Crippen LogP contribution < -0.4 is 10.1 Å². The minimum atomic E-state index is 0.404. The van der Waals surface area contributed by atoms with Crippen LogP contribution in [0.4, 0.5) is 0 Å². The van der Waals surface area contributed by atoms with Crippen molar-refractivity contribution in [2.45, 2.75) is 51.6 Å². The van der Waals surface area contributed by atoms with Crippen LogP contribution in [0.25, 0.3) is 0 Å². The number of hydrogen-bond acceptors (Lipinski definition) is 3. The molecule has 1 atom stereocenters. The number of ether oxygens (including phenoxy) is 1. The van der Waals surface area contributed by atoms with Gasteiger partial charge in [0.05, 0.1) is 7.11 Å². The summed E-state index contributed by atoms with van der Waals surface area (Å²) in [5.41, 5.74) is 1.36. The van der Waals surface area contributed by atoms with Crippen molar-refractivity contribution in [1.82, 2.24) is 10.2 Å². The summed E-state index contributed by atoms with van der Waals surface area (Å²) in [4.78, 5) is 2.66. The highest BCUT2D eigenvalue weighted by atomic mass is 16.5. The maximum absolute atomic E-state index is 5.26. The van der Waals surface area contributed by atoms with Crippen molar-refractivity contribution in [3.8, 4) is 5.75 Å². The van der Waals surface area contributed by atoms with E-state index in [1.165, 1.54) is 31.2 Å². The highest BCUT2D eigenvalue weighted by Gasteiger charge is 2.24. The molecule has 0 aromatic heterocycles. The van der Waals surface area contributed by atoms with E-state index in [0.717, 1.165) is 31.4 Å². The number of benzene rings is 1. The van der Waals surface area contributed by atoms with Crippen molar-refractivity contribution in [2.75, 3.05) is 26.7 Å². The molecule has 0 aliphatic heterocycles. The first-order valence-electron chi connectivity index (χ1n) is 8.39. The van der Waals surface area contributed by atoms with E-state index in [1.54, 1.807) is 7.11 Å². The van der Waals surface area contributed by atoms with Crippen LogP contribution in [0, 0.1) is 0 Å². The second-order valence-electron chi connectivity index (χ2n) is 5.91. The molecule has 1 fully saturated rings. The van der Waals surface area contributed by atoms with E-state index in [0.29, 0.717) is 6.04 Å². The van der Waals surface area contributed by atoms with Gasteiger partial charge in [0.25, 0.3) is 0 Å². The minimum absolute atomic E-state index is 0.404. The van der Waals surface area contributed by atoms with Gasteiger partial charge in [-0.25, -0.2) is 0 Å². The molecular weight excluding hydrogens is 260 g/mol. The Labute approximate surface area is 129 Å². The number of nitrogens with one attached hydrogen (secondary N) is 1. The molecule has 1 aliphatic rings. The summed E-state index contributed by atoms with van der Waals surface area (Å²) in [5.74, 6) is 0.928. The highest BCUT2D eigenvalue weighted by molar-refractivity contribution is 5.29. The van der Waals surface area contributed by atoms with Crippen molar-refractivity contribution in [2.24, 2.45) is 0 Å². The van der Waals surface area contributed by atoms with Gasteiger partial charge in [-0.1, -0.05) is 38.8 Å². The Bertz CT molecular complexity index is 398. The molecule has 118 valence electrons. The van der Waals surface area contributed by atoms with Gasteiger partial charge < -0.3 is 10.1 Å². The Morgan fingerprint density at radius 2 is 1.86 bits per heavy atom. The van der Waals surface area contributed by atoms with Gasteiger partial charge in [-0.05, 0) is 43.6 Å². The van der Waals surface area contributed by atoms with E-state index in [9.17, 15) is 0 Å². The zero-order valence-corrected chi connectivity index (χ0v) is 13.8. The second-order valence-corrected chi connectivity index (χ2v) is 5.91. The van der Waals surface area contributed by atoms with Crippen LogP contribution in [0.15, 0.2) is 24.3 Å². The lowest BCUT2D eigenvalue weighted by molar-refractivity contribution is 0.187. The molecule has 21 heavy (non-hydrogen) atoms. The molecule has 2 rings (SSSR count). The smallest absolute Gasteiger partial charge is 0.118 e. The number of methoxy groups -OCH3 is 1.